The Bertz CT molecular complexity index is 1580. The third-order valence-corrected chi connectivity index (χ3v) is 7.75. The van der Waals surface area contributed by atoms with Crippen molar-refractivity contribution in [1.29, 1.82) is 0 Å². The average molecular weight is 534 g/mol. The first-order valence-electron chi connectivity index (χ1n) is 12.8. The summed E-state index contributed by atoms with van der Waals surface area (Å²) in [7, 11) is 1.44. The standard InChI is InChI=1S/C27H28FN7O4/c1-15(36)17-3-4-23-22(13-30-35(23)14-17)31-25(37)16-5-8-34(27(11-16)6-7-27)26(38)21-10-20(32-33-21)18-9-24(39-2)29-12-19(18)28/h3-4,9-10,12-16,36H,5-8,11H2,1-2H3,(H,31,37)(H,32,33)/t15-,16+/m1/s1. The molecule has 11 nitrogen and oxygen atoms in total. The molecule has 2 atom stereocenters. The minimum absolute atomic E-state index is 0.103. The molecule has 2 amide bonds. The SMILES string of the molecule is COc1cc(-c2cc(C(=O)N3CC[C@H](C(=O)Nc4cnn5cc([C@@H](C)O)ccc45)CC34CC4)[nH]n2)c(F)cn1. The first-order chi connectivity index (χ1) is 18.8. The lowest BCUT2D eigenvalue weighted by atomic mass is 9.88. The summed E-state index contributed by atoms with van der Waals surface area (Å²) in [5, 5.41) is 24.0. The zero-order chi connectivity index (χ0) is 27.3. The first-order valence-corrected chi connectivity index (χ1v) is 12.8. The smallest absolute Gasteiger partial charge is 0.272 e. The molecule has 4 aromatic heterocycles. The van der Waals surface area contributed by atoms with Crippen LogP contribution in [-0.4, -0.2) is 65.8 Å². The van der Waals surface area contributed by atoms with E-state index in [1.54, 1.807) is 29.9 Å². The number of fused-ring (bicyclic) bond motifs is 1. The van der Waals surface area contributed by atoms with E-state index in [1.165, 1.54) is 19.2 Å². The fraction of sp³-hybridized carbons (Fsp3) is 0.370. The molecule has 1 saturated heterocycles. The summed E-state index contributed by atoms with van der Waals surface area (Å²) in [5.74, 6) is -0.898. The molecular weight excluding hydrogens is 505 g/mol. The summed E-state index contributed by atoms with van der Waals surface area (Å²) in [6.45, 7) is 2.11. The normalized spacial score (nSPS) is 18.8. The molecule has 2 aliphatic rings. The molecule has 6 rings (SSSR count). The van der Waals surface area contributed by atoms with E-state index in [0.717, 1.165) is 30.1 Å². The van der Waals surface area contributed by atoms with Gasteiger partial charge in [-0.3, -0.25) is 14.7 Å². The fourth-order valence-corrected chi connectivity index (χ4v) is 5.37. The number of nitrogens with one attached hydrogen (secondary N) is 2. The quantitative estimate of drug-likeness (QED) is 0.346. The largest absolute Gasteiger partial charge is 0.481 e. The number of rotatable bonds is 6. The fourth-order valence-electron chi connectivity index (χ4n) is 5.37. The van der Waals surface area contributed by atoms with Crippen molar-refractivity contribution in [2.24, 2.45) is 5.92 Å². The van der Waals surface area contributed by atoms with Crippen molar-refractivity contribution in [3.63, 3.8) is 0 Å². The van der Waals surface area contributed by atoms with Crippen LogP contribution in [0.1, 0.15) is 54.8 Å². The molecule has 5 heterocycles. The third kappa shape index (κ3) is 4.50. The predicted molar refractivity (Wildman–Crippen MR) is 139 cm³/mol. The molecular formula is C27H28FN7O4. The van der Waals surface area contributed by atoms with Crippen molar-refractivity contribution in [1.82, 2.24) is 29.7 Å². The highest BCUT2D eigenvalue weighted by Crippen LogP contribution is 2.50. The average Bonchev–Trinajstić information content (AvgIpc) is 3.34. The number of piperidine rings is 1. The second-order valence-corrected chi connectivity index (χ2v) is 10.3. The Hall–Kier alpha value is -4.32. The van der Waals surface area contributed by atoms with E-state index in [4.69, 9.17) is 4.74 Å². The number of aliphatic hydroxyl groups is 1. The maximum absolute atomic E-state index is 14.4. The molecule has 1 aliphatic heterocycles. The molecule has 1 saturated carbocycles. The summed E-state index contributed by atoms with van der Waals surface area (Å²) in [6.07, 6.45) is 6.49. The number of aromatic nitrogens is 5. The second kappa shape index (κ2) is 9.45. The van der Waals surface area contributed by atoms with E-state index in [0.29, 0.717) is 25.1 Å². The van der Waals surface area contributed by atoms with Crippen molar-refractivity contribution in [2.45, 2.75) is 44.2 Å². The topological polar surface area (TPSA) is 138 Å². The molecule has 1 spiro atoms. The lowest BCUT2D eigenvalue weighted by molar-refractivity contribution is -0.122. The maximum Gasteiger partial charge on any atom is 0.272 e. The van der Waals surface area contributed by atoms with Crippen LogP contribution in [0.3, 0.4) is 0 Å². The van der Waals surface area contributed by atoms with E-state index >= 15 is 0 Å². The number of likely N-dealkylation sites (tertiary alicyclic amines) is 1. The maximum atomic E-state index is 14.4. The Morgan fingerprint density at radius 3 is 2.85 bits per heavy atom. The zero-order valence-corrected chi connectivity index (χ0v) is 21.5. The highest BCUT2D eigenvalue weighted by atomic mass is 19.1. The first kappa shape index (κ1) is 25.0. The van der Waals surface area contributed by atoms with Crippen LogP contribution in [0.25, 0.3) is 16.8 Å². The van der Waals surface area contributed by atoms with Crippen LogP contribution in [-0.2, 0) is 4.79 Å². The number of aromatic amines is 1. The molecule has 39 heavy (non-hydrogen) atoms. The number of hydrogen-bond acceptors (Lipinski definition) is 7. The Balaban J connectivity index is 1.15. The van der Waals surface area contributed by atoms with Crippen molar-refractivity contribution in [2.75, 3.05) is 19.0 Å². The molecule has 2 fully saturated rings. The van der Waals surface area contributed by atoms with Crippen LogP contribution in [0.15, 0.2) is 42.9 Å². The van der Waals surface area contributed by atoms with Gasteiger partial charge in [0.1, 0.15) is 5.69 Å². The number of amides is 2. The Morgan fingerprint density at radius 1 is 1.28 bits per heavy atom. The van der Waals surface area contributed by atoms with Gasteiger partial charge in [-0.25, -0.2) is 13.9 Å². The number of carbonyl (C=O) groups excluding carboxylic acids is 2. The highest BCUT2D eigenvalue weighted by molar-refractivity contribution is 5.97. The van der Waals surface area contributed by atoms with Crippen LogP contribution < -0.4 is 10.1 Å². The number of nitrogens with zero attached hydrogens (tertiary/aromatic N) is 5. The lowest BCUT2D eigenvalue weighted by Gasteiger charge is -2.39. The number of methoxy groups -OCH3 is 1. The molecule has 0 bridgehead atoms. The molecule has 12 heteroatoms. The van der Waals surface area contributed by atoms with Gasteiger partial charge in [-0.15, -0.1) is 0 Å². The summed E-state index contributed by atoms with van der Waals surface area (Å²) in [4.78, 5) is 32.4. The molecule has 3 N–H and O–H groups in total. The van der Waals surface area contributed by atoms with Gasteiger partial charge >= 0.3 is 0 Å². The van der Waals surface area contributed by atoms with Gasteiger partial charge in [0.25, 0.3) is 5.91 Å². The van der Waals surface area contributed by atoms with Gasteiger partial charge in [0.05, 0.1) is 42.5 Å². The number of aliphatic hydroxyl groups excluding tert-OH is 1. The number of hydrogen-bond donors (Lipinski definition) is 3. The van der Waals surface area contributed by atoms with Crippen molar-refractivity contribution in [3.05, 3.63) is 59.9 Å². The van der Waals surface area contributed by atoms with Gasteiger partial charge in [-0.1, -0.05) is 6.07 Å². The molecule has 1 aliphatic carbocycles. The summed E-state index contributed by atoms with van der Waals surface area (Å²) in [5.41, 5.74) is 2.42. The predicted octanol–water partition coefficient (Wildman–Crippen LogP) is 3.34. The Morgan fingerprint density at radius 2 is 2.10 bits per heavy atom. The van der Waals surface area contributed by atoms with E-state index < -0.39 is 11.9 Å². The third-order valence-electron chi connectivity index (χ3n) is 7.75. The van der Waals surface area contributed by atoms with Gasteiger partial charge in [0.2, 0.25) is 11.8 Å². The van der Waals surface area contributed by atoms with Crippen LogP contribution in [0.5, 0.6) is 5.88 Å². The van der Waals surface area contributed by atoms with E-state index in [2.05, 4.69) is 25.6 Å². The summed E-state index contributed by atoms with van der Waals surface area (Å²) in [6, 6.07) is 6.59. The number of halogens is 1. The Kier molecular flexibility index (Phi) is 6.06. The van der Waals surface area contributed by atoms with Gasteiger partial charge in [-0.05, 0) is 50.3 Å². The van der Waals surface area contributed by atoms with E-state index in [9.17, 15) is 19.1 Å². The van der Waals surface area contributed by atoms with Crippen molar-refractivity contribution < 1.29 is 23.8 Å². The lowest BCUT2D eigenvalue weighted by Crippen LogP contribution is -2.50. The molecule has 0 unspecified atom stereocenters. The van der Waals surface area contributed by atoms with Crippen LogP contribution >= 0.6 is 0 Å². The number of pyridine rings is 2. The minimum Gasteiger partial charge on any atom is -0.481 e. The van der Waals surface area contributed by atoms with Crippen LogP contribution in [0.4, 0.5) is 10.1 Å². The minimum atomic E-state index is -0.618. The van der Waals surface area contributed by atoms with Crippen molar-refractivity contribution in [3.8, 4) is 17.1 Å². The summed E-state index contributed by atoms with van der Waals surface area (Å²) >= 11 is 0. The Labute approximate surface area is 223 Å². The number of H-pyrrole nitrogens is 1. The molecule has 4 aromatic rings. The number of ether oxygens (including phenoxy) is 1. The van der Waals surface area contributed by atoms with Crippen LogP contribution in [0.2, 0.25) is 0 Å². The van der Waals surface area contributed by atoms with Crippen molar-refractivity contribution >= 4 is 23.0 Å². The van der Waals surface area contributed by atoms with E-state index in [-0.39, 0.29) is 46.1 Å². The zero-order valence-electron chi connectivity index (χ0n) is 21.5. The van der Waals surface area contributed by atoms with Gasteiger partial charge in [0.15, 0.2) is 5.82 Å². The highest BCUT2D eigenvalue weighted by Gasteiger charge is 2.54. The van der Waals surface area contributed by atoms with Crippen LogP contribution in [0, 0.1) is 11.7 Å². The number of anilines is 1. The molecule has 202 valence electrons. The molecule has 0 radical (unpaired) electrons. The van der Waals surface area contributed by atoms with Gasteiger partial charge in [0, 0.05) is 35.8 Å². The van der Waals surface area contributed by atoms with Gasteiger partial charge < -0.3 is 20.1 Å². The van der Waals surface area contributed by atoms with E-state index in [1.807, 2.05) is 11.0 Å². The number of carbonyl (C=O) groups is 2. The monoisotopic (exact) mass is 533 g/mol. The summed E-state index contributed by atoms with van der Waals surface area (Å²) < 4.78 is 21.1. The second-order valence-electron chi connectivity index (χ2n) is 10.3. The molecule has 0 aromatic carbocycles. The van der Waals surface area contributed by atoms with Gasteiger partial charge in [-0.2, -0.15) is 10.2 Å².